The van der Waals surface area contributed by atoms with E-state index < -0.39 is 17.7 Å². The number of nitrogens with zero attached hydrogens (tertiary/aromatic N) is 1. The van der Waals surface area contributed by atoms with Crippen LogP contribution in [0.25, 0.3) is 0 Å². The summed E-state index contributed by atoms with van der Waals surface area (Å²) in [6, 6.07) is 6.55. The number of carbonyl (C=O) groups excluding carboxylic acids is 3. The summed E-state index contributed by atoms with van der Waals surface area (Å²) in [6.07, 6.45) is 0.0177. The van der Waals surface area contributed by atoms with Crippen molar-refractivity contribution in [2.75, 3.05) is 11.9 Å². The maximum Gasteiger partial charge on any atom is 0.273 e. The number of aromatic nitrogens is 2. The molecule has 0 bridgehead atoms. The number of nitrogens with two attached hydrogens (primary N) is 1. The predicted molar refractivity (Wildman–Crippen MR) is 91.8 cm³/mol. The molecule has 2 aromatic rings. The van der Waals surface area contributed by atoms with Crippen molar-refractivity contribution in [2.24, 2.45) is 5.73 Å². The standard InChI is InChI=1S/C14H13BrClN5O3/c15-10-11(14(24)18-6-5-9(17)22)20-21-12(10)19-13(23)7-3-1-2-4-8(7)16/h1-4H,5-6H2,(H2,17,22)(H,18,24)(H2,19,20,21,23). The van der Waals surface area contributed by atoms with Gasteiger partial charge in [-0.15, -0.1) is 0 Å². The van der Waals surface area contributed by atoms with Gasteiger partial charge in [-0.2, -0.15) is 5.10 Å². The Morgan fingerprint density at radius 1 is 1.25 bits per heavy atom. The molecule has 0 aliphatic heterocycles. The number of hydrogen-bond acceptors (Lipinski definition) is 4. The summed E-state index contributed by atoms with van der Waals surface area (Å²) < 4.78 is 0.277. The van der Waals surface area contributed by atoms with Crippen molar-refractivity contribution in [1.29, 1.82) is 0 Å². The molecule has 10 heteroatoms. The van der Waals surface area contributed by atoms with E-state index in [9.17, 15) is 14.4 Å². The number of primary amides is 1. The highest BCUT2D eigenvalue weighted by Gasteiger charge is 2.20. The first-order valence-electron chi connectivity index (χ1n) is 6.76. The van der Waals surface area contributed by atoms with Crippen LogP contribution in [0.2, 0.25) is 5.02 Å². The maximum absolute atomic E-state index is 12.2. The van der Waals surface area contributed by atoms with E-state index in [1.165, 1.54) is 0 Å². The molecule has 2 rings (SSSR count). The SMILES string of the molecule is NC(=O)CCNC(=O)c1n[nH]c(NC(=O)c2ccccc2Cl)c1Br. The topological polar surface area (TPSA) is 130 Å². The fraction of sp³-hybridized carbons (Fsp3) is 0.143. The van der Waals surface area contributed by atoms with Crippen molar-refractivity contribution in [3.05, 3.63) is 45.0 Å². The lowest BCUT2D eigenvalue weighted by molar-refractivity contribution is -0.117. The molecule has 1 aromatic heterocycles. The molecule has 1 aromatic carbocycles. The van der Waals surface area contributed by atoms with Crippen LogP contribution in [0.4, 0.5) is 5.82 Å². The molecule has 0 unspecified atom stereocenters. The van der Waals surface area contributed by atoms with Crippen molar-refractivity contribution in [3.8, 4) is 0 Å². The summed E-state index contributed by atoms with van der Waals surface area (Å²) in [4.78, 5) is 34.8. The van der Waals surface area contributed by atoms with Crippen molar-refractivity contribution < 1.29 is 14.4 Å². The van der Waals surface area contributed by atoms with Gasteiger partial charge in [0.25, 0.3) is 11.8 Å². The van der Waals surface area contributed by atoms with Crippen LogP contribution in [-0.2, 0) is 4.79 Å². The normalized spacial score (nSPS) is 10.2. The summed E-state index contributed by atoms with van der Waals surface area (Å²) >= 11 is 9.16. The van der Waals surface area contributed by atoms with E-state index in [0.29, 0.717) is 5.02 Å². The maximum atomic E-state index is 12.2. The second-order valence-electron chi connectivity index (χ2n) is 4.67. The second kappa shape index (κ2) is 7.93. The minimum absolute atomic E-state index is 0.0177. The molecule has 0 saturated carbocycles. The number of anilines is 1. The van der Waals surface area contributed by atoms with E-state index in [1.54, 1.807) is 24.3 Å². The Bertz CT molecular complexity index is 792. The Morgan fingerprint density at radius 3 is 2.62 bits per heavy atom. The molecule has 0 atom stereocenters. The van der Waals surface area contributed by atoms with E-state index in [2.05, 4.69) is 36.8 Å². The molecule has 0 radical (unpaired) electrons. The van der Waals surface area contributed by atoms with Crippen LogP contribution in [0, 0.1) is 0 Å². The number of carbonyl (C=O) groups is 3. The van der Waals surface area contributed by atoms with E-state index in [0.717, 1.165) is 0 Å². The molecule has 0 spiro atoms. The number of nitrogens with one attached hydrogen (secondary N) is 3. The highest BCUT2D eigenvalue weighted by Crippen LogP contribution is 2.25. The number of rotatable bonds is 6. The van der Waals surface area contributed by atoms with Gasteiger partial charge in [0.1, 0.15) is 5.82 Å². The molecule has 1 heterocycles. The van der Waals surface area contributed by atoms with Gasteiger partial charge in [-0.05, 0) is 28.1 Å². The molecule has 8 nitrogen and oxygen atoms in total. The molecule has 0 aliphatic carbocycles. The highest BCUT2D eigenvalue weighted by molar-refractivity contribution is 9.10. The third kappa shape index (κ3) is 4.33. The Hall–Kier alpha value is -2.39. The molecular formula is C14H13BrClN5O3. The first kappa shape index (κ1) is 18.0. The van der Waals surface area contributed by atoms with Gasteiger partial charge in [-0.25, -0.2) is 0 Å². The zero-order valence-electron chi connectivity index (χ0n) is 12.2. The van der Waals surface area contributed by atoms with Crippen LogP contribution < -0.4 is 16.4 Å². The van der Waals surface area contributed by atoms with Crippen molar-refractivity contribution in [3.63, 3.8) is 0 Å². The van der Waals surface area contributed by atoms with E-state index in [1.807, 2.05) is 0 Å². The van der Waals surface area contributed by atoms with E-state index in [-0.39, 0.29) is 34.5 Å². The molecular weight excluding hydrogens is 402 g/mol. The summed E-state index contributed by atoms with van der Waals surface area (Å²) in [6.45, 7) is 0.0920. The van der Waals surface area contributed by atoms with Crippen molar-refractivity contribution >= 4 is 51.1 Å². The average Bonchev–Trinajstić information content (AvgIpc) is 2.88. The molecule has 24 heavy (non-hydrogen) atoms. The van der Waals surface area contributed by atoms with E-state index in [4.69, 9.17) is 17.3 Å². The Labute approximate surface area is 150 Å². The zero-order valence-corrected chi connectivity index (χ0v) is 14.6. The summed E-state index contributed by atoms with van der Waals surface area (Å²) in [5, 5.41) is 11.8. The van der Waals surface area contributed by atoms with Gasteiger partial charge in [0, 0.05) is 13.0 Å². The fourth-order valence-corrected chi connectivity index (χ4v) is 2.45. The lowest BCUT2D eigenvalue weighted by atomic mass is 10.2. The highest BCUT2D eigenvalue weighted by atomic mass is 79.9. The zero-order chi connectivity index (χ0) is 17.7. The monoisotopic (exact) mass is 413 g/mol. The fourth-order valence-electron chi connectivity index (χ4n) is 1.77. The van der Waals surface area contributed by atoms with Crippen molar-refractivity contribution in [1.82, 2.24) is 15.5 Å². The molecule has 126 valence electrons. The van der Waals surface area contributed by atoms with Crippen LogP contribution in [0.1, 0.15) is 27.3 Å². The van der Waals surface area contributed by atoms with Crippen LogP contribution >= 0.6 is 27.5 Å². The van der Waals surface area contributed by atoms with Crippen LogP contribution in [0.15, 0.2) is 28.7 Å². The number of benzene rings is 1. The number of aromatic amines is 1. The van der Waals surface area contributed by atoms with Crippen LogP contribution in [0.5, 0.6) is 0 Å². The van der Waals surface area contributed by atoms with Gasteiger partial charge < -0.3 is 16.4 Å². The second-order valence-corrected chi connectivity index (χ2v) is 5.87. The minimum atomic E-state index is -0.524. The number of H-pyrrole nitrogens is 1. The Balaban J connectivity index is 2.07. The Kier molecular flexibility index (Phi) is 5.93. The number of amides is 3. The van der Waals surface area contributed by atoms with Gasteiger partial charge in [-0.1, -0.05) is 23.7 Å². The van der Waals surface area contributed by atoms with Gasteiger partial charge in [0.15, 0.2) is 5.69 Å². The first-order valence-corrected chi connectivity index (χ1v) is 7.93. The van der Waals surface area contributed by atoms with Gasteiger partial charge in [0.05, 0.1) is 15.1 Å². The molecule has 5 N–H and O–H groups in total. The van der Waals surface area contributed by atoms with Crippen molar-refractivity contribution in [2.45, 2.75) is 6.42 Å². The largest absolute Gasteiger partial charge is 0.370 e. The Morgan fingerprint density at radius 2 is 1.96 bits per heavy atom. The quantitative estimate of drug-likeness (QED) is 0.573. The summed E-state index contributed by atoms with van der Waals surface area (Å²) in [5.41, 5.74) is 5.32. The molecule has 0 aliphatic rings. The minimum Gasteiger partial charge on any atom is -0.370 e. The summed E-state index contributed by atoms with van der Waals surface area (Å²) in [7, 11) is 0. The number of halogens is 2. The predicted octanol–water partition coefficient (Wildman–Crippen LogP) is 1.68. The molecule has 0 saturated heterocycles. The van der Waals surface area contributed by atoms with Gasteiger partial charge >= 0.3 is 0 Å². The van der Waals surface area contributed by atoms with E-state index >= 15 is 0 Å². The first-order chi connectivity index (χ1) is 11.4. The van der Waals surface area contributed by atoms with Crippen LogP contribution in [-0.4, -0.2) is 34.5 Å². The lowest BCUT2D eigenvalue weighted by Gasteiger charge is -2.05. The van der Waals surface area contributed by atoms with Gasteiger partial charge in [0.2, 0.25) is 5.91 Å². The van der Waals surface area contributed by atoms with Crippen LogP contribution in [0.3, 0.4) is 0 Å². The molecule has 3 amide bonds. The smallest absolute Gasteiger partial charge is 0.273 e. The average molecular weight is 415 g/mol. The third-order valence-electron chi connectivity index (χ3n) is 2.94. The third-order valence-corrected chi connectivity index (χ3v) is 4.04. The summed E-state index contributed by atoms with van der Waals surface area (Å²) in [5.74, 6) is -1.28. The molecule has 0 fully saturated rings. The number of hydrogen-bond donors (Lipinski definition) is 4. The van der Waals surface area contributed by atoms with Gasteiger partial charge in [-0.3, -0.25) is 19.5 Å². The lowest BCUT2D eigenvalue weighted by Crippen LogP contribution is -2.28.